The Hall–Kier alpha value is -3.25. The van der Waals surface area contributed by atoms with Crippen LogP contribution in [0, 0.1) is 0 Å². The van der Waals surface area contributed by atoms with Crippen molar-refractivity contribution in [3.05, 3.63) is 83.0 Å². The summed E-state index contributed by atoms with van der Waals surface area (Å²) in [5.41, 5.74) is 8.63. The zero-order valence-corrected chi connectivity index (χ0v) is 16.2. The van der Waals surface area contributed by atoms with Gasteiger partial charge in [0.25, 0.3) is 0 Å². The van der Waals surface area contributed by atoms with Crippen molar-refractivity contribution >= 4 is 23.2 Å². The maximum Gasteiger partial charge on any atom is 0.218 e. The van der Waals surface area contributed by atoms with Crippen molar-refractivity contribution < 1.29 is 9.47 Å². The average Bonchev–Trinajstić information content (AvgIpc) is 2.72. The third-order valence-corrected chi connectivity index (χ3v) is 4.21. The molecule has 0 unspecified atom stereocenters. The van der Waals surface area contributed by atoms with Crippen LogP contribution in [0.1, 0.15) is 11.1 Å². The molecule has 0 aliphatic heterocycles. The average molecular weight is 397 g/mol. The third kappa shape index (κ3) is 5.37. The highest BCUT2D eigenvalue weighted by Crippen LogP contribution is 2.27. The van der Waals surface area contributed by atoms with Gasteiger partial charge in [-0.25, -0.2) is 9.98 Å². The standard InChI is InChI=1S/C21H21ClN4O2/c1-27-19-10-9-17(12-18(19)22)26-21(23)25-13-16-8-5-11-24-20(16)28-14-15-6-3-2-4-7-15/h2-12H,13-14H2,1H3,(H3,23,25,26). The third-order valence-electron chi connectivity index (χ3n) is 3.91. The molecule has 6 nitrogen and oxygen atoms in total. The van der Waals surface area contributed by atoms with Gasteiger partial charge in [0, 0.05) is 17.4 Å². The lowest BCUT2D eigenvalue weighted by Gasteiger charge is -2.10. The van der Waals surface area contributed by atoms with Gasteiger partial charge >= 0.3 is 0 Å². The van der Waals surface area contributed by atoms with Crippen LogP contribution in [0.3, 0.4) is 0 Å². The smallest absolute Gasteiger partial charge is 0.218 e. The van der Waals surface area contributed by atoms with Gasteiger partial charge in [-0.3, -0.25) is 0 Å². The Morgan fingerprint density at radius 3 is 2.71 bits per heavy atom. The summed E-state index contributed by atoms with van der Waals surface area (Å²) in [6, 6.07) is 19.0. The van der Waals surface area contributed by atoms with Crippen molar-refractivity contribution in [2.75, 3.05) is 12.4 Å². The number of halogens is 1. The van der Waals surface area contributed by atoms with Crippen LogP contribution in [0.15, 0.2) is 71.9 Å². The number of guanidine groups is 1. The summed E-state index contributed by atoms with van der Waals surface area (Å²) >= 11 is 6.12. The molecule has 28 heavy (non-hydrogen) atoms. The monoisotopic (exact) mass is 396 g/mol. The lowest BCUT2D eigenvalue weighted by Crippen LogP contribution is -2.22. The van der Waals surface area contributed by atoms with Crippen LogP contribution in [-0.2, 0) is 13.2 Å². The summed E-state index contributed by atoms with van der Waals surface area (Å²) in [5, 5.41) is 3.50. The zero-order chi connectivity index (χ0) is 19.8. The van der Waals surface area contributed by atoms with Crippen molar-refractivity contribution in [3.8, 4) is 11.6 Å². The van der Waals surface area contributed by atoms with Crippen LogP contribution in [-0.4, -0.2) is 18.1 Å². The number of ether oxygens (including phenoxy) is 2. The minimum atomic E-state index is 0.263. The summed E-state index contributed by atoms with van der Waals surface area (Å²) in [4.78, 5) is 8.67. The second-order valence-electron chi connectivity index (χ2n) is 5.92. The molecule has 3 rings (SSSR count). The second-order valence-corrected chi connectivity index (χ2v) is 6.32. The number of hydrogen-bond acceptors (Lipinski definition) is 4. The second kappa shape index (κ2) is 9.62. The van der Waals surface area contributed by atoms with E-state index in [9.17, 15) is 0 Å². The lowest BCUT2D eigenvalue weighted by molar-refractivity contribution is 0.290. The molecule has 2 aromatic carbocycles. The van der Waals surface area contributed by atoms with Crippen LogP contribution in [0.4, 0.5) is 5.69 Å². The van der Waals surface area contributed by atoms with Crippen LogP contribution in [0.5, 0.6) is 11.6 Å². The van der Waals surface area contributed by atoms with Gasteiger partial charge in [-0.15, -0.1) is 0 Å². The first-order valence-electron chi connectivity index (χ1n) is 8.67. The SMILES string of the molecule is COc1ccc(NC(N)=NCc2cccnc2OCc2ccccc2)cc1Cl. The largest absolute Gasteiger partial charge is 0.495 e. The minimum absolute atomic E-state index is 0.263. The van der Waals surface area contributed by atoms with Gasteiger partial charge in [0.15, 0.2) is 5.96 Å². The molecule has 0 aliphatic rings. The molecule has 0 bridgehead atoms. The van der Waals surface area contributed by atoms with Crippen molar-refractivity contribution in [1.82, 2.24) is 4.98 Å². The van der Waals surface area contributed by atoms with Crippen molar-refractivity contribution in [2.24, 2.45) is 10.7 Å². The number of methoxy groups -OCH3 is 1. The van der Waals surface area contributed by atoms with E-state index < -0.39 is 0 Å². The molecule has 0 atom stereocenters. The molecule has 3 N–H and O–H groups in total. The van der Waals surface area contributed by atoms with E-state index in [2.05, 4.69) is 15.3 Å². The predicted molar refractivity (Wildman–Crippen MR) is 112 cm³/mol. The Morgan fingerprint density at radius 1 is 1.14 bits per heavy atom. The Balaban J connectivity index is 1.63. The molecule has 0 spiro atoms. The van der Waals surface area contributed by atoms with E-state index in [0.717, 1.165) is 16.8 Å². The molecule has 0 radical (unpaired) electrons. The number of pyridine rings is 1. The molecule has 0 saturated carbocycles. The number of benzene rings is 2. The maximum atomic E-state index is 6.12. The van der Waals surface area contributed by atoms with E-state index in [-0.39, 0.29) is 5.96 Å². The number of nitrogens with zero attached hydrogens (tertiary/aromatic N) is 2. The number of anilines is 1. The Kier molecular flexibility index (Phi) is 6.70. The number of nitrogens with two attached hydrogens (primary N) is 1. The van der Waals surface area contributed by atoms with Gasteiger partial charge in [0.1, 0.15) is 12.4 Å². The van der Waals surface area contributed by atoms with Crippen molar-refractivity contribution in [2.45, 2.75) is 13.2 Å². The minimum Gasteiger partial charge on any atom is -0.495 e. The summed E-state index contributed by atoms with van der Waals surface area (Å²) in [5.74, 6) is 1.40. The number of aliphatic imine (C=N–C) groups is 1. The zero-order valence-electron chi connectivity index (χ0n) is 15.4. The summed E-state index contributed by atoms with van der Waals surface area (Å²) in [7, 11) is 1.56. The predicted octanol–water partition coefficient (Wildman–Crippen LogP) is 4.25. The fraction of sp³-hybridized carbons (Fsp3) is 0.143. The van der Waals surface area contributed by atoms with Crippen LogP contribution in [0.25, 0.3) is 0 Å². The van der Waals surface area contributed by atoms with Gasteiger partial charge in [-0.05, 0) is 29.8 Å². The van der Waals surface area contributed by atoms with E-state index >= 15 is 0 Å². The van der Waals surface area contributed by atoms with Crippen molar-refractivity contribution in [1.29, 1.82) is 0 Å². The quantitative estimate of drug-likeness (QED) is 0.461. The highest BCUT2D eigenvalue weighted by atomic mass is 35.5. The van der Waals surface area contributed by atoms with E-state index in [1.54, 1.807) is 25.4 Å². The molecular weight excluding hydrogens is 376 g/mol. The molecule has 7 heteroatoms. The van der Waals surface area contributed by atoms with Crippen LogP contribution >= 0.6 is 11.6 Å². The van der Waals surface area contributed by atoms with Crippen molar-refractivity contribution in [3.63, 3.8) is 0 Å². The van der Waals surface area contributed by atoms with Gasteiger partial charge in [-0.1, -0.05) is 48.0 Å². The van der Waals surface area contributed by atoms with Gasteiger partial charge in [0.2, 0.25) is 5.88 Å². The molecule has 1 heterocycles. The van der Waals surface area contributed by atoms with Gasteiger partial charge < -0.3 is 20.5 Å². The molecule has 0 amide bonds. The molecule has 0 saturated heterocycles. The lowest BCUT2D eigenvalue weighted by atomic mass is 10.2. The number of hydrogen-bond donors (Lipinski definition) is 2. The Labute approximate surface area is 169 Å². The first kappa shape index (κ1) is 19.5. The van der Waals surface area contributed by atoms with E-state index in [0.29, 0.717) is 29.8 Å². The van der Waals surface area contributed by atoms with Gasteiger partial charge in [0.05, 0.1) is 18.7 Å². The fourth-order valence-corrected chi connectivity index (χ4v) is 2.76. The molecule has 1 aromatic heterocycles. The first-order valence-corrected chi connectivity index (χ1v) is 9.04. The Bertz CT molecular complexity index is 948. The highest BCUT2D eigenvalue weighted by molar-refractivity contribution is 6.32. The van der Waals surface area contributed by atoms with Gasteiger partial charge in [-0.2, -0.15) is 0 Å². The van der Waals surface area contributed by atoms with E-state index in [4.69, 9.17) is 26.8 Å². The van der Waals surface area contributed by atoms with Crippen LogP contribution in [0.2, 0.25) is 5.02 Å². The summed E-state index contributed by atoms with van der Waals surface area (Å²) < 4.78 is 11.0. The molecule has 3 aromatic rings. The number of nitrogens with one attached hydrogen (secondary N) is 1. The maximum absolute atomic E-state index is 6.12. The summed E-state index contributed by atoms with van der Waals surface area (Å²) in [6.45, 7) is 0.771. The van der Waals surface area contributed by atoms with Crippen LogP contribution < -0.4 is 20.5 Å². The molecule has 144 valence electrons. The normalized spacial score (nSPS) is 11.1. The first-order chi connectivity index (χ1) is 13.7. The fourth-order valence-electron chi connectivity index (χ4n) is 2.50. The topological polar surface area (TPSA) is 81.8 Å². The van der Waals surface area contributed by atoms with E-state index in [1.807, 2.05) is 48.5 Å². The highest BCUT2D eigenvalue weighted by Gasteiger charge is 2.06. The molecular formula is C21H21ClN4O2. The van der Waals surface area contributed by atoms with E-state index in [1.165, 1.54) is 0 Å². The summed E-state index contributed by atoms with van der Waals surface area (Å²) in [6.07, 6.45) is 1.69. The molecule has 0 aliphatic carbocycles. The Morgan fingerprint density at radius 2 is 1.96 bits per heavy atom. The number of rotatable bonds is 7. The number of aromatic nitrogens is 1. The molecule has 0 fully saturated rings.